The van der Waals surface area contributed by atoms with Gasteiger partial charge in [0, 0.05) is 37.8 Å². The molecule has 0 unspecified atom stereocenters. The van der Waals surface area contributed by atoms with E-state index in [0.717, 1.165) is 42.2 Å². The number of sulfonamides is 1. The Kier molecular flexibility index (Phi) is 6.72. The van der Waals surface area contributed by atoms with Gasteiger partial charge in [-0.15, -0.1) is 0 Å². The Bertz CT molecular complexity index is 1490. The number of pyridine rings is 1. The number of nitrogens with zero attached hydrogens (tertiary/aromatic N) is 5. The van der Waals surface area contributed by atoms with Gasteiger partial charge in [-0.2, -0.15) is 9.40 Å². The molecule has 2 fully saturated rings. The number of benzene rings is 1. The van der Waals surface area contributed by atoms with Gasteiger partial charge in [0.15, 0.2) is 0 Å². The SMILES string of the molecule is O=S(=O)(c1ccc(N2CCC2)nc1)N1CCC2=Cc3c(cnn3-c3ccc(F)cc3)C[C@]2(COCC(F)F)C1. The molecule has 2 aliphatic heterocycles. The molecule has 0 saturated carbocycles. The topological polar surface area (TPSA) is 80.6 Å². The zero-order valence-electron chi connectivity index (χ0n) is 21.1. The zero-order valence-corrected chi connectivity index (χ0v) is 22.0. The molecule has 0 N–H and O–H groups in total. The molecule has 3 aliphatic rings. The quantitative estimate of drug-likeness (QED) is 0.416. The van der Waals surface area contributed by atoms with E-state index in [1.165, 1.54) is 22.6 Å². The number of alkyl halides is 2. The van der Waals surface area contributed by atoms with Crippen molar-refractivity contribution in [2.75, 3.05) is 44.3 Å². The molecule has 1 aliphatic carbocycles. The van der Waals surface area contributed by atoms with Crippen LogP contribution in [0, 0.1) is 11.2 Å². The third kappa shape index (κ3) is 4.85. The van der Waals surface area contributed by atoms with Crippen molar-refractivity contribution in [3.8, 4) is 5.69 Å². The van der Waals surface area contributed by atoms with Gasteiger partial charge in [0.2, 0.25) is 10.0 Å². The number of halogens is 3. The van der Waals surface area contributed by atoms with E-state index < -0.39 is 28.5 Å². The Hall–Kier alpha value is -3.22. The highest BCUT2D eigenvalue weighted by Crippen LogP contribution is 2.45. The second-order valence-electron chi connectivity index (χ2n) is 10.3. The van der Waals surface area contributed by atoms with Crippen LogP contribution in [0.25, 0.3) is 11.8 Å². The van der Waals surface area contributed by atoms with Crippen molar-refractivity contribution in [3.63, 3.8) is 0 Å². The lowest BCUT2D eigenvalue weighted by atomic mass is 9.69. The highest BCUT2D eigenvalue weighted by molar-refractivity contribution is 7.89. The summed E-state index contributed by atoms with van der Waals surface area (Å²) in [5, 5.41) is 4.49. The van der Waals surface area contributed by atoms with Gasteiger partial charge in [0.25, 0.3) is 6.43 Å². The monoisotopic (exact) mass is 559 g/mol. The van der Waals surface area contributed by atoms with E-state index in [4.69, 9.17) is 4.74 Å². The summed E-state index contributed by atoms with van der Waals surface area (Å²) in [7, 11) is -3.88. The molecule has 39 heavy (non-hydrogen) atoms. The van der Waals surface area contributed by atoms with Crippen molar-refractivity contribution in [3.05, 3.63) is 71.4 Å². The van der Waals surface area contributed by atoms with E-state index in [9.17, 15) is 21.6 Å². The van der Waals surface area contributed by atoms with E-state index in [-0.39, 0.29) is 30.4 Å². The van der Waals surface area contributed by atoms with Gasteiger partial charge in [-0.25, -0.2) is 31.3 Å². The highest BCUT2D eigenvalue weighted by atomic mass is 32.2. The van der Waals surface area contributed by atoms with Crippen LogP contribution < -0.4 is 4.90 Å². The fraction of sp³-hybridized carbons (Fsp3) is 0.407. The fourth-order valence-corrected chi connectivity index (χ4v) is 7.04. The van der Waals surface area contributed by atoms with Crippen LogP contribution in [-0.2, 0) is 21.2 Å². The Morgan fingerprint density at radius 1 is 1.05 bits per heavy atom. The first-order valence-electron chi connectivity index (χ1n) is 12.9. The molecule has 4 heterocycles. The molecule has 8 nitrogen and oxygen atoms in total. The molecule has 2 aromatic heterocycles. The van der Waals surface area contributed by atoms with Crippen molar-refractivity contribution in [1.29, 1.82) is 0 Å². The van der Waals surface area contributed by atoms with Gasteiger partial charge in [0.05, 0.1) is 24.2 Å². The molecule has 6 rings (SSSR count). The molecule has 0 bridgehead atoms. The van der Waals surface area contributed by atoms with E-state index in [2.05, 4.69) is 15.0 Å². The Morgan fingerprint density at radius 3 is 2.51 bits per heavy atom. The number of anilines is 1. The first kappa shape index (κ1) is 26.0. The predicted molar refractivity (Wildman–Crippen MR) is 139 cm³/mol. The molecule has 0 spiro atoms. The van der Waals surface area contributed by atoms with E-state index in [0.29, 0.717) is 18.5 Å². The maximum Gasteiger partial charge on any atom is 0.261 e. The number of aromatic nitrogens is 3. The van der Waals surface area contributed by atoms with Gasteiger partial charge in [0.1, 0.15) is 23.1 Å². The van der Waals surface area contributed by atoms with Crippen molar-refractivity contribution in [1.82, 2.24) is 19.1 Å². The average molecular weight is 560 g/mol. The van der Waals surface area contributed by atoms with Gasteiger partial charge >= 0.3 is 0 Å². The Balaban J connectivity index is 1.30. The van der Waals surface area contributed by atoms with Crippen LogP contribution in [0.1, 0.15) is 24.1 Å². The molecule has 2 saturated heterocycles. The van der Waals surface area contributed by atoms with E-state index in [1.54, 1.807) is 35.1 Å². The van der Waals surface area contributed by atoms with Gasteiger partial charge < -0.3 is 9.64 Å². The lowest BCUT2D eigenvalue weighted by molar-refractivity contribution is -0.0204. The summed E-state index contributed by atoms with van der Waals surface area (Å²) in [6, 6.07) is 9.27. The van der Waals surface area contributed by atoms with Crippen molar-refractivity contribution in [2.45, 2.75) is 30.6 Å². The summed E-state index contributed by atoms with van der Waals surface area (Å²) in [6.07, 6.45) is 4.27. The molecule has 3 aromatic rings. The summed E-state index contributed by atoms with van der Waals surface area (Å²) in [5.41, 5.74) is 2.43. The molecule has 206 valence electrons. The third-order valence-corrected chi connectivity index (χ3v) is 9.58. The van der Waals surface area contributed by atoms with Gasteiger partial charge in [-0.1, -0.05) is 5.57 Å². The number of hydrogen-bond donors (Lipinski definition) is 0. The molecular formula is C27H28F3N5O3S. The summed E-state index contributed by atoms with van der Waals surface area (Å²) in [5.74, 6) is 0.395. The average Bonchev–Trinajstić information content (AvgIpc) is 3.28. The van der Waals surface area contributed by atoms with Crippen LogP contribution in [0.4, 0.5) is 19.0 Å². The molecule has 12 heteroatoms. The molecule has 0 amide bonds. The van der Waals surface area contributed by atoms with Crippen LogP contribution in [-0.4, -0.2) is 73.3 Å². The third-order valence-electron chi connectivity index (χ3n) is 7.75. The summed E-state index contributed by atoms with van der Waals surface area (Å²) in [4.78, 5) is 6.54. The minimum absolute atomic E-state index is 0.0531. The van der Waals surface area contributed by atoms with Crippen LogP contribution >= 0.6 is 0 Å². The standard InChI is InChI=1S/C27H28F3N5O3S/c28-21-2-4-22(5-3-21)35-24-12-20-8-11-34(17-27(20,13-19(24)14-32-35)18-38-16-25(29)30)39(36,37)23-6-7-26(31-15-23)33-9-1-10-33/h2-7,12,14-15,25H,1,8-11,13,16-18H2/t27-/m1/s1. The molecular weight excluding hydrogens is 531 g/mol. The molecule has 0 radical (unpaired) electrons. The van der Waals surface area contributed by atoms with Gasteiger partial charge in [-0.3, -0.25) is 0 Å². The first-order chi connectivity index (χ1) is 18.7. The minimum atomic E-state index is -3.88. The maximum absolute atomic E-state index is 13.7. The Morgan fingerprint density at radius 2 is 1.85 bits per heavy atom. The summed E-state index contributed by atoms with van der Waals surface area (Å²) in [6.45, 7) is 1.34. The van der Waals surface area contributed by atoms with Crippen molar-refractivity contribution < 1.29 is 26.3 Å². The molecule has 1 aromatic carbocycles. The van der Waals surface area contributed by atoms with Crippen LogP contribution in [0.2, 0.25) is 0 Å². The summed E-state index contributed by atoms with van der Waals surface area (Å²) >= 11 is 0. The number of hydrogen-bond acceptors (Lipinski definition) is 6. The van der Waals surface area contributed by atoms with Crippen LogP contribution in [0.5, 0.6) is 0 Å². The lowest BCUT2D eigenvalue weighted by Gasteiger charge is -2.45. The van der Waals surface area contributed by atoms with Gasteiger partial charge in [-0.05, 0) is 67.3 Å². The normalized spacial score (nSPS) is 21.3. The number of ether oxygens (including phenoxy) is 1. The van der Waals surface area contributed by atoms with E-state index in [1.807, 2.05) is 6.08 Å². The highest BCUT2D eigenvalue weighted by Gasteiger charge is 2.46. The maximum atomic E-state index is 13.7. The minimum Gasteiger partial charge on any atom is -0.375 e. The number of rotatable bonds is 8. The fourth-order valence-electron chi connectivity index (χ4n) is 5.57. The number of fused-ring (bicyclic) bond motifs is 2. The Labute approximate surface area is 224 Å². The van der Waals surface area contributed by atoms with Crippen molar-refractivity contribution >= 4 is 21.9 Å². The number of piperidine rings is 1. The summed E-state index contributed by atoms with van der Waals surface area (Å²) < 4.78 is 75.3. The lowest BCUT2D eigenvalue weighted by Crippen LogP contribution is -2.51. The smallest absolute Gasteiger partial charge is 0.261 e. The second-order valence-corrected chi connectivity index (χ2v) is 12.2. The van der Waals surface area contributed by atoms with E-state index >= 15 is 0 Å². The second kappa shape index (κ2) is 10.1. The van der Waals surface area contributed by atoms with Crippen LogP contribution in [0.3, 0.4) is 0 Å². The van der Waals surface area contributed by atoms with Crippen molar-refractivity contribution in [2.24, 2.45) is 5.41 Å². The van der Waals surface area contributed by atoms with Crippen LogP contribution in [0.15, 0.2) is 59.3 Å². The molecule has 1 atom stereocenters. The predicted octanol–water partition coefficient (Wildman–Crippen LogP) is 3.92. The zero-order chi connectivity index (χ0) is 27.2. The largest absolute Gasteiger partial charge is 0.375 e. The first-order valence-corrected chi connectivity index (χ1v) is 14.3.